The molecule has 2 heterocycles. The van der Waals surface area contributed by atoms with Gasteiger partial charge in [-0.15, -0.1) is 5.10 Å². The van der Waals surface area contributed by atoms with Gasteiger partial charge in [0.15, 0.2) is 5.82 Å². The summed E-state index contributed by atoms with van der Waals surface area (Å²) in [4.78, 5) is 14.5. The molecule has 0 aliphatic rings. The molecule has 0 aromatic carbocycles. The van der Waals surface area contributed by atoms with Crippen LogP contribution in [0.2, 0.25) is 0 Å². The number of carbonyl (C=O) groups is 1. The molecule has 0 fully saturated rings. The topological polar surface area (TPSA) is 103 Å². The molecular weight excluding hydrogens is 226 g/mol. The van der Waals surface area contributed by atoms with E-state index in [1.165, 1.54) is 18.0 Å². The summed E-state index contributed by atoms with van der Waals surface area (Å²) in [5.41, 5.74) is 0.591. The molecule has 0 aliphatic carbocycles. The zero-order valence-electron chi connectivity index (χ0n) is 8.94. The summed E-state index contributed by atoms with van der Waals surface area (Å²) < 4.78 is 6.29. The molecule has 1 N–H and O–H groups in total. The van der Waals surface area contributed by atoms with Gasteiger partial charge in [-0.2, -0.15) is 0 Å². The highest BCUT2D eigenvalue weighted by Crippen LogP contribution is 2.25. The zero-order valence-corrected chi connectivity index (χ0v) is 8.94. The molecule has 0 amide bonds. The fourth-order valence-electron chi connectivity index (χ4n) is 1.36. The average molecular weight is 235 g/mol. The van der Waals surface area contributed by atoms with E-state index in [0.29, 0.717) is 17.1 Å². The number of aromatic nitrogens is 5. The van der Waals surface area contributed by atoms with Gasteiger partial charge in [0.2, 0.25) is 0 Å². The van der Waals surface area contributed by atoms with Gasteiger partial charge in [-0.25, -0.2) is 4.68 Å². The Morgan fingerprint density at radius 2 is 2.41 bits per heavy atom. The van der Waals surface area contributed by atoms with Gasteiger partial charge in [-0.3, -0.25) is 9.78 Å². The lowest BCUT2D eigenvalue weighted by Crippen LogP contribution is -2.12. The van der Waals surface area contributed by atoms with Gasteiger partial charge in [0, 0.05) is 6.20 Å². The number of ether oxygens (including phenoxy) is 1. The van der Waals surface area contributed by atoms with Crippen molar-refractivity contribution >= 4 is 5.97 Å². The highest BCUT2D eigenvalue weighted by molar-refractivity contribution is 5.69. The van der Waals surface area contributed by atoms with Crippen LogP contribution >= 0.6 is 0 Å². The first-order valence-corrected chi connectivity index (χ1v) is 4.68. The van der Waals surface area contributed by atoms with E-state index >= 15 is 0 Å². The van der Waals surface area contributed by atoms with Gasteiger partial charge in [0.1, 0.15) is 12.3 Å². The van der Waals surface area contributed by atoms with Crippen molar-refractivity contribution in [3.05, 3.63) is 18.5 Å². The Kier molecular flexibility index (Phi) is 2.95. The quantitative estimate of drug-likeness (QED) is 0.784. The Balaban J connectivity index is 2.46. The number of hydrogen-bond acceptors (Lipinski definition) is 6. The monoisotopic (exact) mass is 235 g/mol. The van der Waals surface area contributed by atoms with Crippen molar-refractivity contribution in [1.82, 2.24) is 25.2 Å². The maximum absolute atomic E-state index is 10.6. The number of carboxylic acid groups (broad SMARTS) is 1. The standard InChI is InChI=1S/C9H9N5O3/c1-17-7-4-10-3-2-6(7)9-11-12-13-14(9)5-8(15)16/h2-4H,5H2,1H3,(H,15,16). The van der Waals surface area contributed by atoms with Crippen molar-refractivity contribution in [2.45, 2.75) is 6.54 Å². The summed E-state index contributed by atoms with van der Waals surface area (Å²) in [7, 11) is 1.49. The van der Waals surface area contributed by atoms with Gasteiger partial charge >= 0.3 is 5.97 Å². The molecule has 2 aromatic heterocycles. The third-order valence-corrected chi connectivity index (χ3v) is 2.06. The molecule has 2 rings (SSSR count). The molecule has 0 aliphatic heterocycles. The summed E-state index contributed by atoms with van der Waals surface area (Å²) >= 11 is 0. The second-order valence-electron chi connectivity index (χ2n) is 3.13. The van der Waals surface area contributed by atoms with E-state index in [0.717, 1.165) is 0 Å². The molecule has 88 valence electrons. The first kappa shape index (κ1) is 11.0. The number of nitrogens with zero attached hydrogens (tertiary/aromatic N) is 5. The van der Waals surface area contributed by atoms with Gasteiger partial charge in [0.05, 0.1) is 18.9 Å². The fraction of sp³-hybridized carbons (Fsp3) is 0.222. The summed E-state index contributed by atoms with van der Waals surface area (Å²) in [6, 6.07) is 1.66. The zero-order chi connectivity index (χ0) is 12.3. The van der Waals surface area contributed by atoms with Crippen molar-refractivity contribution in [2.24, 2.45) is 0 Å². The summed E-state index contributed by atoms with van der Waals surface area (Å²) in [6.07, 6.45) is 3.06. The van der Waals surface area contributed by atoms with Crippen LogP contribution in [0.5, 0.6) is 5.75 Å². The molecule has 0 saturated carbocycles. The van der Waals surface area contributed by atoms with Crippen LogP contribution in [0.1, 0.15) is 0 Å². The second-order valence-corrected chi connectivity index (χ2v) is 3.13. The highest BCUT2D eigenvalue weighted by atomic mass is 16.5. The van der Waals surface area contributed by atoms with E-state index < -0.39 is 5.97 Å². The molecule has 0 atom stereocenters. The largest absolute Gasteiger partial charge is 0.494 e. The highest BCUT2D eigenvalue weighted by Gasteiger charge is 2.15. The predicted molar refractivity (Wildman–Crippen MR) is 55.2 cm³/mol. The number of carboxylic acids is 1. The van der Waals surface area contributed by atoms with Crippen LogP contribution in [0.3, 0.4) is 0 Å². The van der Waals surface area contributed by atoms with Crippen LogP contribution in [-0.4, -0.2) is 43.4 Å². The number of aliphatic carboxylic acids is 1. The molecule has 2 aromatic rings. The number of methoxy groups -OCH3 is 1. The van der Waals surface area contributed by atoms with Crippen LogP contribution < -0.4 is 4.74 Å². The lowest BCUT2D eigenvalue weighted by atomic mass is 10.2. The Labute approximate surface area is 95.9 Å². The third kappa shape index (κ3) is 2.19. The molecule has 17 heavy (non-hydrogen) atoms. The second kappa shape index (κ2) is 4.56. The SMILES string of the molecule is COc1cnccc1-c1nnnn1CC(=O)O. The normalized spacial score (nSPS) is 10.2. The maximum Gasteiger partial charge on any atom is 0.325 e. The molecular formula is C9H9N5O3. The first-order chi connectivity index (χ1) is 8.22. The lowest BCUT2D eigenvalue weighted by molar-refractivity contribution is -0.137. The maximum atomic E-state index is 10.6. The van der Waals surface area contributed by atoms with E-state index in [1.807, 2.05) is 0 Å². The van der Waals surface area contributed by atoms with Crippen LogP contribution in [0, 0.1) is 0 Å². The molecule has 0 spiro atoms. The minimum Gasteiger partial charge on any atom is -0.494 e. The minimum atomic E-state index is -1.02. The lowest BCUT2D eigenvalue weighted by Gasteiger charge is -2.06. The molecule has 8 heteroatoms. The van der Waals surface area contributed by atoms with Gasteiger partial charge in [-0.05, 0) is 16.5 Å². The number of hydrogen-bond donors (Lipinski definition) is 1. The van der Waals surface area contributed by atoms with Gasteiger partial charge in [-0.1, -0.05) is 0 Å². The number of tetrazole rings is 1. The smallest absolute Gasteiger partial charge is 0.325 e. The molecule has 0 radical (unpaired) electrons. The van der Waals surface area contributed by atoms with E-state index in [4.69, 9.17) is 9.84 Å². The summed E-state index contributed by atoms with van der Waals surface area (Å²) in [5.74, 6) is -0.216. The first-order valence-electron chi connectivity index (χ1n) is 4.68. The summed E-state index contributed by atoms with van der Waals surface area (Å²) in [6.45, 7) is -0.312. The molecule has 0 bridgehead atoms. The van der Waals surface area contributed by atoms with E-state index in [2.05, 4.69) is 20.5 Å². The number of pyridine rings is 1. The van der Waals surface area contributed by atoms with Gasteiger partial charge < -0.3 is 9.84 Å². The van der Waals surface area contributed by atoms with E-state index in [1.54, 1.807) is 12.3 Å². The number of rotatable bonds is 4. The Bertz CT molecular complexity index is 539. The average Bonchev–Trinajstić information content (AvgIpc) is 2.76. The van der Waals surface area contributed by atoms with Crippen molar-refractivity contribution in [3.8, 4) is 17.1 Å². The van der Waals surface area contributed by atoms with Crippen molar-refractivity contribution in [2.75, 3.05) is 7.11 Å². The van der Waals surface area contributed by atoms with Crippen LogP contribution in [0.25, 0.3) is 11.4 Å². The van der Waals surface area contributed by atoms with Crippen molar-refractivity contribution in [1.29, 1.82) is 0 Å². The Hall–Kier alpha value is -2.51. The van der Waals surface area contributed by atoms with Crippen molar-refractivity contribution < 1.29 is 14.6 Å². The van der Waals surface area contributed by atoms with Crippen LogP contribution in [0.4, 0.5) is 0 Å². The Morgan fingerprint density at radius 1 is 1.59 bits per heavy atom. The molecule has 0 saturated heterocycles. The Morgan fingerprint density at radius 3 is 3.12 bits per heavy atom. The van der Waals surface area contributed by atoms with E-state index in [-0.39, 0.29) is 6.54 Å². The molecule has 0 unspecified atom stereocenters. The summed E-state index contributed by atoms with van der Waals surface area (Å²) in [5, 5.41) is 19.6. The van der Waals surface area contributed by atoms with Gasteiger partial charge in [0.25, 0.3) is 0 Å². The third-order valence-electron chi connectivity index (χ3n) is 2.06. The predicted octanol–water partition coefficient (Wildman–Crippen LogP) is -0.172. The van der Waals surface area contributed by atoms with Crippen LogP contribution in [-0.2, 0) is 11.3 Å². The van der Waals surface area contributed by atoms with E-state index in [9.17, 15) is 4.79 Å². The minimum absolute atomic E-state index is 0.312. The van der Waals surface area contributed by atoms with Crippen LogP contribution in [0.15, 0.2) is 18.5 Å². The fourth-order valence-corrected chi connectivity index (χ4v) is 1.36. The molecule has 8 nitrogen and oxygen atoms in total. The van der Waals surface area contributed by atoms with Crippen molar-refractivity contribution in [3.63, 3.8) is 0 Å².